The third-order valence-corrected chi connectivity index (χ3v) is 6.32. The molecule has 1 aliphatic rings. The minimum absolute atomic E-state index is 0.165. The molecule has 28 heavy (non-hydrogen) atoms. The summed E-state index contributed by atoms with van der Waals surface area (Å²) in [7, 11) is 0. The van der Waals surface area contributed by atoms with Crippen molar-refractivity contribution in [3.8, 4) is 23.0 Å². The van der Waals surface area contributed by atoms with Crippen LogP contribution in [0.15, 0.2) is 36.5 Å². The number of nitriles is 1. The zero-order valence-electron chi connectivity index (χ0n) is 16.2. The van der Waals surface area contributed by atoms with E-state index in [4.69, 9.17) is 10.4 Å². The van der Waals surface area contributed by atoms with Crippen molar-refractivity contribution in [2.45, 2.75) is 33.2 Å². The van der Waals surface area contributed by atoms with Crippen LogP contribution in [-0.4, -0.2) is 27.8 Å². The largest absolute Gasteiger partial charge is 0.299 e. The van der Waals surface area contributed by atoms with Gasteiger partial charge in [0.05, 0.1) is 11.8 Å². The van der Waals surface area contributed by atoms with Gasteiger partial charge in [0.25, 0.3) is 0 Å². The van der Waals surface area contributed by atoms with Crippen LogP contribution in [0, 0.1) is 36.9 Å². The normalized spacial score (nSPS) is 15.6. The lowest BCUT2D eigenvalue weighted by Crippen LogP contribution is -2.32. The van der Waals surface area contributed by atoms with Crippen LogP contribution in [0.3, 0.4) is 0 Å². The van der Waals surface area contributed by atoms with E-state index in [-0.39, 0.29) is 11.7 Å². The molecule has 1 saturated heterocycles. The second-order valence-corrected chi connectivity index (χ2v) is 8.87. The lowest BCUT2D eigenvalue weighted by Gasteiger charge is -2.28. The molecular formula is C22H23FN4S. The third kappa shape index (κ3) is 3.73. The topological polar surface area (TPSA) is 44.9 Å². The molecule has 0 amide bonds. The molecule has 0 bridgehead atoms. The van der Waals surface area contributed by atoms with Crippen molar-refractivity contribution >= 4 is 11.3 Å². The van der Waals surface area contributed by atoms with E-state index in [0.29, 0.717) is 5.69 Å². The Bertz CT molecular complexity index is 1020. The molecule has 1 aliphatic heterocycles. The molecule has 0 radical (unpaired) electrons. The lowest BCUT2D eigenvalue weighted by atomic mass is 9.98. The number of para-hydroxylation sites is 1. The standard InChI is InChI=1S/C22H23FN4S/c1-15-11-19(16(2)28-15)22-18(13-26-9-7-17(12-24)8-10-26)14-27(25-22)21-6-4-3-5-20(21)23/h3-6,11,14,17H,7-10,13H2,1-2H3. The Balaban J connectivity index is 1.71. The average Bonchev–Trinajstić information content (AvgIpc) is 3.25. The van der Waals surface area contributed by atoms with E-state index in [1.54, 1.807) is 28.2 Å². The van der Waals surface area contributed by atoms with Crippen molar-refractivity contribution in [2.75, 3.05) is 13.1 Å². The predicted molar refractivity (Wildman–Crippen MR) is 110 cm³/mol. The van der Waals surface area contributed by atoms with Gasteiger partial charge in [-0.25, -0.2) is 9.07 Å². The van der Waals surface area contributed by atoms with Gasteiger partial charge in [0.15, 0.2) is 0 Å². The van der Waals surface area contributed by atoms with E-state index in [0.717, 1.165) is 49.3 Å². The van der Waals surface area contributed by atoms with Crippen LogP contribution in [0.25, 0.3) is 16.9 Å². The number of halogens is 1. The van der Waals surface area contributed by atoms with Gasteiger partial charge in [-0.05, 0) is 58.0 Å². The Kier molecular flexibility index (Phi) is 5.29. The Morgan fingerprint density at radius 1 is 1.25 bits per heavy atom. The molecule has 0 saturated carbocycles. The summed E-state index contributed by atoms with van der Waals surface area (Å²) in [5, 5.41) is 13.9. The summed E-state index contributed by atoms with van der Waals surface area (Å²) in [6.07, 6.45) is 3.77. The fourth-order valence-electron chi connectivity index (χ4n) is 3.84. The molecule has 0 unspecified atom stereocenters. The van der Waals surface area contributed by atoms with Gasteiger partial charge < -0.3 is 0 Å². The van der Waals surface area contributed by atoms with Crippen molar-refractivity contribution in [3.63, 3.8) is 0 Å². The maximum Gasteiger partial charge on any atom is 0.148 e. The highest BCUT2D eigenvalue weighted by Crippen LogP contribution is 2.33. The van der Waals surface area contributed by atoms with E-state index in [1.807, 2.05) is 12.3 Å². The molecule has 1 fully saturated rings. The summed E-state index contributed by atoms with van der Waals surface area (Å²) in [5.74, 6) is -0.116. The first-order valence-electron chi connectivity index (χ1n) is 9.58. The first-order valence-corrected chi connectivity index (χ1v) is 10.4. The van der Waals surface area contributed by atoms with E-state index >= 15 is 0 Å². The van der Waals surface area contributed by atoms with E-state index < -0.39 is 0 Å². The molecule has 2 aromatic heterocycles. The molecule has 144 valence electrons. The van der Waals surface area contributed by atoms with Gasteiger partial charge >= 0.3 is 0 Å². The predicted octanol–water partition coefficient (Wildman–Crippen LogP) is 5.09. The minimum Gasteiger partial charge on any atom is -0.299 e. The number of hydrogen-bond donors (Lipinski definition) is 0. The first-order chi connectivity index (χ1) is 13.5. The zero-order valence-corrected chi connectivity index (χ0v) is 17.0. The maximum absolute atomic E-state index is 14.3. The number of hydrogen-bond acceptors (Lipinski definition) is 4. The molecule has 4 rings (SSSR count). The van der Waals surface area contributed by atoms with Crippen LogP contribution in [0.5, 0.6) is 0 Å². The first kappa shape index (κ1) is 18.9. The zero-order chi connectivity index (χ0) is 19.7. The fraction of sp³-hybridized carbons (Fsp3) is 0.364. The van der Waals surface area contributed by atoms with Crippen LogP contribution >= 0.6 is 11.3 Å². The van der Waals surface area contributed by atoms with Crippen LogP contribution < -0.4 is 0 Å². The molecular weight excluding hydrogens is 371 g/mol. The van der Waals surface area contributed by atoms with Crippen LogP contribution in [0.4, 0.5) is 4.39 Å². The van der Waals surface area contributed by atoms with Crippen LogP contribution in [0.2, 0.25) is 0 Å². The number of aryl methyl sites for hydroxylation is 2. The fourth-order valence-corrected chi connectivity index (χ4v) is 4.77. The van der Waals surface area contributed by atoms with Crippen molar-refractivity contribution < 1.29 is 4.39 Å². The highest BCUT2D eigenvalue weighted by molar-refractivity contribution is 7.12. The summed E-state index contributed by atoms with van der Waals surface area (Å²) in [6, 6.07) is 11.3. The van der Waals surface area contributed by atoms with Gasteiger partial charge in [-0.1, -0.05) is 12.1 Å². The minimum atomic E-state index is -0.281. The van der Waals surface area contributed by atoms with E-state index in [1.165, 1.54) is 15.8 Å². The second-order valence-electron chi connectivity index (χ2n) is 7.41. The maximum atomic E-state index is 14.3. The summed E-state index contributed by atoms with van der Waals surface area (Å²) in [5.41, 5.74) is 3.61. The second kappa shape index (κ2) is 7.86. The summed E-state index contributed by atoms with van der Waals surface area (Å²) >= 11 is 1.76. The van der Waals surface area contributed by atoms with Gasteiger partial charge in [-0.2, -0.15) is 10.4 Å². The van der Waals surface area contributed by atoms with Crippen LogP contribution in [-0.2, 0) is 6.54 Å². The van der Waals surface area contributed by atoms with Crippen molar-refractivity contribution in [2.24, 2.45) is 5.92 Å². The van der Waals surface area contributed by atoms with Gasteiger partial charge in [-0.3, -0.25) is 4.90 Å². The molecule has 3 aromatic rings. The molecule has 6 heteroatoms. The number of aromatic nitrogens is 2. The number of rotatable bonds is 4. The van der Waals surface area contributed by atoms with E-state index in [9.17, 15) is 4.39 Å². The van der Waals surface area contributed by atoms with Crippen molar-refractivity contribution in [1.82, 2.24) is 14.7 Å². The van der Waals surface area contributed by atoms with Crippen molar-refractivity contribution in [3.05, 3.63) is 57.7 Å². The van der Waals surface area contributed by atoms with Crippen molar-refractivity contribution in [1.29, 1.82) is 5.26 Å². The third-order valence-electron chi connectivity index (χ3n) is 5.35. The molecule has 0 aliphatic carbocycles. The molecule has 4 nitrogen and oxygen atoms in total. The number of nitrogens with zero attached hydrogens (tertiary/aromatic N) is 4. The molecule has 1 aromatic carbocycles. The molecule has 0 spiro atoms. The van der Waals surface area contributed by atoms with Gasteiger partial charge in [0.1, 0.15) is 11.5 Å². The van der Waals surface area contributed by atoms with Gasteiger partial charge in [0.2, 0.25) is 0 Å². The molecule has 0 N–H and O–H groups in total. The van der Waals surface area contributed by atoms with Gasteiger partial charge in [0, 0.05) is 39.5 Å². The smallest absolute Gasteiger partial charge is 0.148 e. The SMILES string of the molecule is Cc1cc(-c2nn(-c3ccccc3F)cc2CN2CCC(C#N)CC2)c(C)s1. The van der Waals surface area contributed by atoms with E-state index in [2.05, 4.69) is 30.9 Å². The quantitative estimate of drug-likeness (QED) is 0.619. The summed E-state index contributed by atoms with van der Waals surface area (Å²) in [4.78, 5) is 4.84. The van der Waals surface area contributed by atoms with Gasteiger partial charge in [-0.15, -0.1) is 11.3 Å². The Morgan fingerprint density at radius 3 is 2.64 bits per heavy atom. The monoisotopic (exact) mass is 394 g/mol. The average molecular weight is 395 g/mol. The summed E-state index contributed by atoms with van der Waals surface area (Å²) < 4.78 is 16.0. The van der Waals surface area contributed by atoms with Crippen LogP contribution in [0.1, 0.15) is 28.2 Å². The summed E-state index contributed by atoms with van der Waals surface area (Å²) in [6.45, 7) is 6.78. The molecule has 3 heterocycles. The Labute approximate surface area is 168 Å². The highest BCUT2D eigenvalue weighted by Gasteiger charge is 2.22. The number of piperidine rings is 1. The number of thiophene rings is 1. The molecule has 0 atom stereocenters. The number of benzene rings is 1. The highest BCUT2D eigenvalue weighted by atomic mass is 32.1. The Morgan fingerprint density at radius 2 is 2.00 bits per heavy atom. The lowest BCUT2D eigenvalue weighted by molar-refractivity contribution is 0.198. The number of likely N-dealkylation sites (tertiary alicyclic amines) is 1. The Hall–Kier alpha value is -2.49.